The Balaban J connectivity index is 2.71. The van der Waals surface area contributed by atoms with Crippen molar-refractivity contribution in [2.75, 3.05) is 0 Å². The molecule has 0 N–H and O–H groups in total. The van der Waals surface area contributed by atoms with Gasteiger partial charge < -0.3 is 0 Å². The number of hydrogen-bond donors (Lipinski definition) is 0. The molecule has 1 rings (SSSR count). The summed E-state index contributed by atoms with van der Waals surface area (Å²) in [7, 11) is 0. The van der Waals surface area contributed by atoms with Crippen LogP contribution in [0.1, 0.15) is 0 Å². The maximum atomic E-state index is 11.7. The summed E-state index contributed by atoms with van der Waals surface area (Å²) in [5, 5.41) is 0. The van der Waals surface area contributed by atoms with E-state index >= 15 is 0 Å². The van der Waals surface area contributed by atoms with Crippen molar-refractivity contribution in [2.24, 2.45) is 11.8 Å². The van der Waals surface area contributed by atoms with Crippen LogP contribution in [0.2, 0.25) is 0 Å². The summed E-state index contributed by atoms with van der Waals surface area (Å²) in [6, 6.07) is 0. The van der Waals surface area contributed by atoms with Gasteiger partial charge in [0.25, 0.3) is 0 Å². The van der Waals surface area contributed by atoms with E-state index in [0.29, 0.717) is 12.2 Å². The van der Waals surface area contributed by atoms with Gasteiger partial charge in [0, 0.05) is 0 Å². The summed E-state index contributed by atoms with van der Waals surface area (Å²) in [6.07, 6.45) is -8.51. The average molecular weight is 190 g/mol. The quantitative estimate of drug-likeness (QED) is 0.407. The van der Waals surface area contributed by atoms with Crippen molar-refractivity contribution in [3.8, 4) is 0 Å². The Labute approximate surface area is 63.9 Å². The highest BCUT2D eigenvalue weighted by Gasteiger charge is 2.56. The highest BCUT2D eigenvalue weighted by molar-refractivity contribution is 5.14. The fourth-order valence-electron chi connectivity index (χ4n) is 0.959. The van der Waals surface area contributed by atoms with Crippen molar-refractivity contribution < 1.29 is 26.3 Å². The van der Waals surface area contributed by atoms with E-state index in [1.807, 2.05) is 0 Å². The van der Waals surface area contributed by atoms with E-state index in [4.69, 9.17) is 0 Å². The number of halogens is 6. The van der Waals surface area contributed by atoms with Gasteiger partial charge in [0.1, 0.15) is 0 Å². The Morgan fingerprint density at radius 3 is 1.00 bits per heavy atom. The lowest BCUT2D eigenvalue weighted by Gasteiger charge is -2.32. The second kappa shape index (κ2) is 2.40. The Hall–Kier alpha value is -0.680. The van der Waals surface area contributed by atoms with Gasteiger partial charge in [-0.15, -0.1) is 0 Å². The lowest BCUT2D eigenvalue weighted by Crippen LogP contribution is -2.41. The van der Waals surface area contributed by atoms with Crippen LogP contribution < -0.4 is 0 Å². The number of hydrogen-bond acceptors (Lipinski definition) is 0. The molecule has 0 nitrogen and oxygen atoms in total. The molecule has 0 fully saturated rings. The van der Waals surface area contributed by atoms with Crippen LogP contribution >= 0.6 is 0 Å². The van der Waals surface area contributed by atoms with Crippen molar-refractivity contribution in [2.45, 2.75) is 12.4 Å². The summed E-state index contributed by atoms with van der Waals surface area (Å²) in [5.41, 5.74) is 0. The first-order chi connectivity index (χ1) is 5.23. The number of allylic oxidation sites excluding steroid dienone is 2. The molecule has 0 aliphatic heterocycles. The van der Waals surface area contributed by atoms with Gasteiger partial charge in [-0.25, -0.2) is 0 Å². The van der Waals surface area contributed by atoms with Crippen molar-refractivity contribution in [1.29, 1.82) is 0 Å². The third-order valence-electron chi connectivity index (χ3n) is 1.67. The SMILES string of the molecule is FC(F)(F)C1C=CC1C(F)(F)F. The van der Waals surface area contributed by atoms with E-state index in [1.54, 1.807) is 0 Å². The van der Waals surface area contributed by atoms with Crippen molar-refractivity contribution >= 4 is 0 Å². The molecule has 0 radical (unpaired) electrons. The zero-order chi connectivity index (χ0) is 9.57. The molecule has 2 unspecified atom stereocenters. The van der Waals surface area contributed by atoms with Gasteiger partial charge in [-0.3, -0.25) is 0 Å². The van der Waals surface area contributed by atoms with Crippen LogP contribution in [0.15, 0.2) is 12.2 Å². The Morgan fingerprint density at radius 1 is 0.667 bits per heavy atom. The first kappa shape index (κ1) is 9.41. The molecule has 0 amide bonds. The molecule has 0 heterocycles. The monoisotopic (exact) mass is 190 g/mol. The highest BCUT2D eigenvalue weighted by atomic mass is 19.4. The average Bonchev–Trinajstić information content (AvgIpc) is 1.46. The second-order valence-corrected chi connectivity index (χ2v) is 2.52. The molecule has 0 saturated heterocycles. The maximum Gasteiger partial charge on any atom is 0.396 e. The Kier molecular flexibility index (Phi) is 1.88. The Morgan fingerprint density at radius 2 is 0.917 bits per heavy atom. The standard InChI is InChI=1S/C6H4F6/c7-5(8,9)3-1-2-4(3)6(10,11)12/h1-4H. The zero-order valence-corrected chi connectivity index (χ0v) is 5.58. The predicted molar refractivity (Wildman–Crippen MR) is 28.2 cm³/mol. The van der Waals surface area contributed by atoms with Crippen molar-refractivity contribution in [1.82, 2.24) is 0 Å². The van der Waals surface area contributed by atoms with Crippen LogP contribution in [0.5, 0.6) is 0 Å². The molecule has 0 spiro atoms. The van der Waals surface area contributed by atoms with E-state index in [9.17, 15) is 26.3 Å². The molecule has 0 aromatic rings. The number of rotatable bonds is 0. The molecule has 0 aromatic carbocycles. The third-order valence-corrected chi connectivity index (χ3v) is 1.67. The Bertz CT molecular complexity index is 175. The summed E-state index contributed by atoms with van der Waals surface area (Å²) in [4.78, 5) is 0. The second-order valence-electron chi connectivity index (χ2n) is 2.52. The van der Waals surface area contributed by atoms with Crippen LogP contribution in [0.25, 0.3) is 0 Å². The van der Waals surface area contributed by atoms with Gasteiger partial charge >= 0.3 is 12.4 Å². The minimum atomic E-state index is -4.78. The molecular weight excluding hydrogens is 186 g/mol. The highest BCUT2D eigenvalue weighted by Crippen LogP contribution is 2.47. The molecule has 12 heavy (non-hydrogen) atoms. The van der Waals surface area contributed by atoms with Gasteiger partial charge in [-0.2, -0.15) is 26.3 Å². The third kappa shape index (κ3) is 1.56. The first-order valence-electron chi connectivity index (χ1n) is 3.04. The minimum absolute atomic E-state index is 0.526. The smallest absolute Gasteiger partial charge is 0.170 e. The van der Waals surface area contributed by atoms with Gasteiger partial charge in [0.15, 0.2) is 0 Å². The van der Waals surface area contributed by atoms with Gasteiger partial charge in [0.05, 0.1) is 11.8 Å². The van der Waals surface area contributed by atoms with Crippen LogP contribution in [0.4, 0.5) is 26.3 Å². The summed E-state index contributed by atoms with van der Waals surface area (Å²) < 4.78 is 70.4. The maximum absolute atomic E-state index is 11.7. The first-order valence-corrected chi connectivity index (χ1v) is 3.04. The van der Waals surface area contributed by atoms with E-state index < -0.39 is 24.2 Å². The van der Waals surface area contributed by atoms with Crippen LogP contribution in [-0.4, -0.2) is 12.4 Å². The van der Waals surface area contributed by atoms with Gasteiger partial charge in [0.2, 0.25) is 0 Å². The van der Waals surface area contributed by atoms with E-state index in [0.717, 1.165) is 0 Å². The molecule has 0 bridgehead atoms. The van der Waals surface area contributed by atoms with E-state index in [-0.39, 0.29) is 0 Å². The molecular formula is C6H4F6. The molecule has 0 saturated carbocycles. The van der Waals surface area contributed by atoms with E-state index in [1.165, 1.54) is 0 Å². The van der Waals surface area contributed by atoms with Crippen molar-refractivity contribution in [3.63, 3.8) is 0 Å². The lowest BCUT2D eigenvalue weighted by atomic mass is 9.81. The molecule has 1 aliphatic carbocycles. The minimum Gasteiger partial charge on any atom is -0.170 e. The molecule has 2 atom stereocenters. The fourth-order valence-corrected chi connectivity index (χ4v) is 0.959. The van der Waals surface area contributed by atoms with Gasteiger partial charge in [-0.1, -0.05) is 12.2 Å². The summed E-state index contributed by atoms with van der Waals surface area (Å²) >= 11 is 0. The van der Waals surface area contributed by atoms with E-state index in [2.05, 4.69) is 0 Å². The van der Waals surface area contributed by atoms with Crippen molar-refractivity contribution in [3.05, 3.63) is 12.2 Å². The molecule has 1 aliphatic rings. The van der Waals surface area contributed by atoms with Gasteiger partial charge in [-0.05, 0) is 0 Å². The predicted octanol–water partition coefficient (Wildman–Crippen LogP) is 2.91. The number of alkyl halides is 6. The normalized spacial score (nSPS) is 30.2. The summed E-state index contributed by atoms with van der Waals surface area (Å²) in [6.45, 7) is 0. The summed E-state index contributed by atoms with van der Waals surface area (Å²) in [5.74, 6) is -4.70. The van der Waals surface area contributed by atoms with Crippen LogP contribution in [0.3, 0.4) is 0 Å². The lowest BCUT2D eigenvalue weighted by molar-refractivity contribution is -0.238. The zero-order valence-electron chi connectivity index (χ0n) is 5.58. The van der Waals surface area contributed by atoms with Crippen LogP contribution in [-0.2, 0) is 0 Å². The fraction of sp³-hybridized carbons (Fsp3) is 0.667. The molecule has 6 heteroatoms. The topological polar surface area (TPSA) is 0 Å². The van der Waals surface area contributed by atoms with Crippen LogP contribution in [0, 0.1) is 11.8 Å². The molecule has 70 valence electrons. The molecule has 0 aromatic heterocycles. The largest absolute Gasteiger partial charge is 0.396 e.